The zero-order valence-corrected chi connectivity index (χ0v) is 4.90. The van der Waals surface area contributed by atoms with Crippen LogP contribution in [0.2, 0.25) is 0 Å². The van der Waals surface area contributed by atoms with Gasteiger partial charge >= 0.3 is 0 Å². The molecule has 4 heteroatoms. The smallest absolute Gasteiger partial charge is 0.208 e. The van der Waals surface area contributed by atoms with E-state index in [0.717, 1.165) is 0 Å². The number of hydrogen-bond donors (Lipinski definition) is 0. The van der Waals surface area contributed by atoms with Crippen molar-refractivity contribution < 1.29 is 18.3 Å². The largest absolute Gasteiger partial charge is 0.266 e. The zero-order valence-electron chi connectivity index (χ0n) is 4.90. The van der Waals surface area contributed by atoms with Gasteiger partial charge in [0.25, 0.3) is 5.85 Å². The maximum absolute atomic E-state index is 12.2. The van der Waals surface area contributed by atoms with Crippen LogP contribution in [0.5, 0.6) is 0 Å². The summed E-state index contributed by atoms with van der Waals surface area (Å²) in [5.74, 6) is -5.45. The summed E-state index contributed by atoms with van der Waals surface area (Å²) in [6.45, 7) is 0. The predicted octanol–water partition coefficient (Wildman–Crippen LogP) is 2.19. The molecule has 1 nitrogen and oxygen atoms in total. The molecule has 0 aliphatic heterocycles. The lowest BCUT2D eigenvalue weighted by Crippen LogP contribution is -2.19. The third kappa shape index (κ3) is 1.39. The van der Waals surface area contributed by atoms with Crippen molar-refractivity contribution in [1.82, 2.24) is 0 Å². The van der Waals surface area contributed by atoms with Crippen molar-refractivity contribution in [2.24, 2.45) is 0 Å². The predicted molar refractivity (Wildman–Crippen MR) is 27.5 cm³/mol. The first kappa shape index (κ1) is 7.34. The summed E-state index contributed by atoms with van der Waals surface area (Å²) in [4.78, 5) is 0. The summed E-state index contributed by atoms with van der Waals surface area (Å²) in [6.07, 6.45) is -0.0768. The Bertz CT molecular complexity index is 205. The highest BCUT2D eigenvalue weighted by Gasteiger charge is 2.31. The second-order valence-electron chi connectivity index (χ2n) is 2.05. The van der Waals surface area contributed by atoms with Crippen molar-refractivity contribution in [1.29, 1.82) is 0 Å². The van der Waals surface area contributed by atoms with E-state index in [0.29, 0.717) is 12.2 Å². The lowest BCUT2D eigenvalue weighted by Gasteiger charge is -2.13. The Morgan fingerprint density at radius 1 is 1.50 bits per heavy atom. The van der Waals surface area contributed by atoms with E-state index in [9.17, 15) is 18.3 Å². The highest BCUT2D eigenvalue weighted by atomic mass is 19.2. The van der Waals surface area contributed by atoms with E-state index < -0.39 is 23.9 Å². The van der Waals surface area contributed by atoms with E-state index in [2.05, 4.69) is 0 Å². The van der Waals surface area contributed by atoms with Crippen LogP contribution in [-0.4, -0.2) is 5.85 Å². The maximum Gasteiger partial charge on any atom is 0.266 e. The molecule has 55 valence electrons. The first-order valence-electron chi connectivity index (χ1n) is 2.64. The highest BCUT2D eigenvalue weighted by Crippen LogP contribution is 2.29. The van der Waals surface area contributed by atoms with E-state index in [4.69, 9.17) is 0 Å². The monoisotopic (exact) mass is 149 g/mol. The van der Waals surface area contributed by atoms with E-state index in [-0.39, 0.29) is 0 Å². The van der Waals surface area contributed by atoms with Crippen molar-refractivity contribution in [2.75, 3.05) is 0 Å². The molecular formula is C6H4F3O. The Kier molecular flexibility index (Phi) is 1.56. The minimum Gasteiger partial charge on any atom is -0.208 e. The lowest BCUT2D eigenvalue weighted by molar-refractivity contribution is -0.102. The molecule has 1 radical (unpaired) electrons. The number of rotatable bonds is 0. The molecule has 10 heavy (non-hydrogen) atoms. The molecule has 0 spiro atoms. The van der Waals surface area contributed by atoms with Crippen LogP contribution in [0.3, 0.4) is 0 Å². The molecule has 0 aromatic heterocycles. The third-order valence-electron chi connectivity index (χ3n) is 1.13. The molecule has 0 N–H and O–H groups in total. The quantitative estimate of drug-likeness (QED) is 0.503. The van der Waals surface area contributed by atoms with Crippen LogP contribution in [0.15, 0.2) is 23.8 Å². The zero-order chi connectivity index (χ0) is 7.78. The molecule has 0 heterocycles. The van der Waals surface area contributed by atoms with Gasteiger partial charge in [-0.15, -0.1) is 0 Å². The van der Waals surface area contributed by atoms with Crippen LogP contribution in [0.25, 0.3) is 0 Å². The molecule has 0 saturated carbocycles. The summed E-state index contributed by atoms with van der Waals surface area (Å²) in [5.41, 5.74) is 0. The van der Waals surface area contributed by atoms with Gasteiger partial charge in [-0.2, -0.15) is 5.11 Å². The summed E-state index contributed by atoms with van der Waals surface area (Å²) in [5, 5.41) is 10.3. The van der Waals surface area contributed by atoms with Crippen molar-refractivity contribution in [3.05, 3.63) is 23.8 Å². The van der Waals surface area contributed by atoms with Crippen molar-refractivity contribution in [3.8, 4) is 0 Å². The fraction of sp³-hybridized carbons (Fsp3) is 0.333. The Morgan fingerprint density at radius 3 is 2.50 bits per heavy atom. The average Bonchev–Trinajstić information content (AvgIpc) is 1.79. The Hall–Kier alpha value is -0.770. The minimum atomic E-state index is -2.97. The summed E-state index contributed by atoms with van der Waals surface area (Å²) in [7, 11) is 0. The standard InChI is InChI=1S/C6H4F3O/c7-4-1-2-6(9,10)3-5(4)8/h1-2H,3H2. The first-order chi connectivity index (χ1) is 4.51. The molecule has 1 rings (SSSR count). The molecular weight excluding hydrogens is 145 g/mol. The van der Waals surface area contributed by atoms with E-state index >= 15 is 0 Å². The van der Waals surface area contributed by atoms with Crippen LogP contribution >= 0.6 is 0 Å². The van der Waals surface area contributed by atoms with Gasteiger partial charge in [0, 0.05) is 0 Å². The minimum absolute atomic E-state index is 0.464. The molecule has 1 aliphatic carbocycles. The number of alkyl halides is 1. The van der Waals surface area contributed by atoms with Crippen LogP contribution in [0.4, 0.5) is 13.2 Å². The molecule has 0 saturated heterocycles. The van der Waals surface area contributed by atoms with Gasteiger partial charge in [-0.1, -0.05) is 0 Å². The second kappa shape index (κ2) is 2.12. The highest BCUT2D eigenvalue weighted by molar-refractivity contribution is 5.23. The van der Waals surface area contributed by atoms with Crippen LogP contribution in [0.1, 0.15) is 6.42 Å². The molecule has 0 aromatic rings. The number of hydrogen-bond acceptors (Lipinski definition) is 0. The SMILES string of the molecule is [O]C1(F)C=CC(F)=C(F)C1. The second-order valence-corrected chi connectivity index (χ2v) is 2.05. The summed E-state index contributed by atoms with van der Waals surface area (Å²) >= 11 is 0. The Labute approximate surface area is 55.5 Å². The molecule has 0 amide bonds. The van der Waals surface area contributed by atoms with Crippen molar-refractivity contribution >= 4 is 0 Å². The van der Waals surface area contributed by atoms with Crippen LogP contribution in [0, 0.1) is 0 Å². The van der Waals surface area contributed by atoms with Crippen LogP contribution < -0.4 is 0 Å². The maximum atomic E-state index is 12.2. The van der Waals surface area contributed by atoms with Gasteiger partial charge in [-0.05, 0) is 12.2 Å². The van der Waals surface area contributed by atoms with Gasteiger partial charge in [-0.3, -0.25) is 0 Å². The Morgan fingerprint density at radius 2 is 2.10 bits per heavy atom. The fourth-order valence-corrected chi connectivity index (χ4v) is 0.643. The Balaban J connectivity index is 2.85. The van der Waals surface area contributed by atoms with E-state index in [1.165, 1.54) is 0 Å². The van der Waals surface area contributed by atoms with Gasteiger partial charge in [0.2, 0.25) is 0 Å². The van der Waals surface area contributed by atoms with Gasteiger partial charge in [-0.25, -0.2) is 13.2 Å². The molecule has 0 bridgehead atoms. The molecule has 1 unspecified atom stereocenters. The van der Waals surface area contributed by atoms with Gasteiger partial charge < -0.3 is 0 Å². The van der Waals surface area contributed by atoms with E-state index in [1.807, 2.05) is 0 Å². The van der Waals surface area contributed by atoms with Gasteiger partial charge in [0.1, 0.15) is 5.83 Å². The molecule has 0 aromatic carbocycles. The van der Waals surface area contributed by atoms with Crippen molar-refractivity contribution in [2.45, 2.75) is 12.3 Å². The molecule has 1 atom stereocenters. The fourth-order valence-electron chi connectivity index (χ4n) is 0.643. The van der Waals surface area contributed by atoms with Gasteiger partial charge in [0.05, 0.1) is 6.42 Å². The first-order valence-corrected chi connectivity index (χ1v) is 2.64. The lowest BCUT2D eigenvalue weighted by atomic mass is 10.1. The van der Waals surface area contributed by atoms with E-state index in [1.54, 1.807) is 0 Å². The third-order valence-corrected chi connectivity index (χ3v) is 1.13. The molecule has 1 aliphatic rings. The average molecular weight is 149 g/mol. The number of allylic oxidation sites excluding steroid dienone is 2. The van der Waals surface area contributed by atoms with Crippen LogP contribution in [-0.2, 0) is 5.11 Å². The topological polar surface area (TPSA) is 19.9 Å². The number of halogens is 3. The summed E-state index contributed by atoms with van der Waals surface area (Å²) < 4.78 is 36.3. The molecule has 0 fully saturated rings. The van der Waals surface area contributed by atoms with Gasteiger partial charge in [0.15, 0.2) is 5.83 Å². The summed E-state index contributed by atoms with van der Waals surface area (Å²) in [6, 6.07) is 0. The van der Waals surface area contributed by atoms with Crippen molar-refractivity contribution in [3.63, 3.8) is 0 Å². The normalized spacial score (nSPS) is 33.2.